The predicted octanol–water partition coefficient (Wildman–Crippen LogP) is 3.33. The van der Waals surface area contributed by atoms with E-state index < -0.39 is 17.5 Å². The zero-order valence-corrected chi connectivity index (χ0v) is 14.9. The largest absolute Gasteiger partial charge is 0.497 e. The van der Waals surface area contributed by atoms with E-state index in [-0.39, 0.29) is 17.8 Å². The number of fused-ring (bicyclic) bond motifs is 1. The minimum Gasteiger partial charge on any atom is -0.497 e. The van der Waals surface area contributed by atoms with Gasteiger partial charge in [0.15, 0.2) is 5.78 Å². The van der Waals surface area contributed by atoms with Crippen LogP contribution in [0.15, 0.2) is 63.8 Å². The van der Waals surface area contributed by atoms with Gasteiger partial charge in [-0.15, -0.1) is 0 Å². The maximum atomic E-state index is 12.6. The highest BCUT2D eigenvalue weighted by Crippen LogP contribution is 2.31. The SMILES string of the molecule is COC(=O)[C@@H](CC(=O)c1ccccc1)c1cc(=O)oc2cc(OC)ccc12. The summed E-state index contributed by atoms with van der Waals surface area (Å²) in [4.78, 5) is 37.1. The summed E-state index contributed by atoms with van der Waals surface area (Å²) >= 11 is 0. The molecule has 0 spiro atoms. The molecule has 0 amide bonds. The van der Waals surface area contributed by atoms with Crippen molar-refractivity contribution in [1.82, 2.24) is 0 Å². The molecule has 138 valence electrons. The molecule has 0 unspecified atom stereocenters. The van der Waals surface area contributed by atoms with Gasteiger partial charge < -0.3 is 13.9 Å². The third-order valence-electron chi connectivity index (χ3n) is 4.33. The second-order valence-electron chi connectivity index (χ2n) is 5.95. The summed E-state index contributed by atoms with van der Waals surface area (Å²) in [5, 5.41) is 0.548. The molecular weight excluding hydrogens is 348 g/mol. The van der Waals surface area contributed by atoms with Crippen molar-refractivity contribution in [3.05, 3.63) is 76.1 Å². The van der Waals surface area contributed by atoms with E-state index in [9.17, 15) is 14.4 Å². The molecule has 0 saturated heterocycles. The number of hydrogen-bond acceptors (Lipinski definition) is 6. The zero-order chi connectivity index (χ0) is 19.4. The topological polar surface area (TPSA) is 82.8 Å². The maximum Gasteiger partial charge on any atom is 0.336 e. The average Bonchev–Trinajstić information content (AvgIpc) is 2.70. The molecule has 6 nitrogen and oxygen atoms in total. The number of ether oxygens (including phenoxy) is 2. The number of methoxy groups -OCH3 is 2. The van der Waals surface area contributed by atoms with Gasteiger partial charge in [-0.2, -0.15) is 0 Å². The Labute approximate surface area is 155 Å². The lowest BCUT2D eigenvalue weighted by atomic mass is 9.89. The molecule has 0 N–H and O–H groups in total. The fraction of sp³-hybridized carbons (Fsp3) is 0.190. The van der Waals surface area contributed by atoms with Crippen LogP contribution in [-0.2, 0) is 9.53 Å². The first kappa shape index (κ1) is 18.4. The summed E-state index contributed by atoms with van der Waals surface area (Å²) in [7, 11) is 2.75. The van der Waals surface area contributed by atoms with Crippen LogP contribution >= 0.6 is 0 Å². The first-order valence-corrected chi connectivity index (χ1v) is 8.31. The smallest absolute Gasteiger partial charge is 0.336 e. The lowest BCUT2D eigenvalue weighted by Gasteiger charge is -2.16. The van der Waals surface area contributed by atoms with Crippen molar-refractivity contribution >= 4 is 22.7 Å². The van der Waals surface area contributed by atoms with Gasteiger partial charge in [0.2, 0.25) is 0 Å². The van der Waals surface area contributed by atoms with E-state index >= 15 is 0 Å². The molecule has 0 saturated carbocycles. The van der Waals surface area contributed by atoms with Crippen molar-refractivity contribution in [2.24, 2.45) is 0 Å². The number of esters is 1. The van der Waals surface area contributed by atoms with Gasteiger partial charge in [-0.05, 0) is 17.7 Å². The minimum absolute atomic E-state index is 0.124. The first-order chi connectivity index (χ1) is 13.0. The van der Waals surface area contributed by atoms with Crippen molar-refractivity contribution < 1.29 is 23.5 Å². The van der Waals surface area contributed by atoms with E-state index in [0.717, 1.165) is 0 Å². The number of Topliss-reactive ketones (excluding diaryl/α,β-unsaturated/α-hetero) is 1. The molecule has 1 atom stereocenters. The summed E-state index contributed by atoms with van der Waals surface area (Å²) in [6.45, 7) is 0. The monoisotopic (exact) mass is 366 g/mol. The third kappa shape index (κ3) is 3.89. The Morgan fingerprint density at radius 1 is 1.04 bits per heavy atom. The van der Waals surface area contributed by atoms with Gasteiger partial charge in [-0.25, -0.2) is 4.79 Å². The predicted molar refractivity (Wildman–Crippen MR) is 99.2 cm³/mol. The quantitative estimate of drug-likeness (QED) is 0.378. The van der Waals surface area contributed by atoms with Crippen LogP contribution in [0.1, 0.15) is 28.3 Å². The van der Waals surface area contributed by atoms with Crippen LogP contribution in [0.2, 0.25) is 0 Å². The second-order valence-corrected chi connectivity index (χ2v) is 5.95. The molecule has 3 aromatic rings. The number of carbonyl (C=O) groups excluding carboxylic acids is 2. The van der Waals surface area contributed by atoms with Crippen LogP contribution in [0.5, 0.6) is 5.75 Å². The molecular formula is C21H18O6. The Bertz CT molecular complexity index is 1040. The molecule has 0 bridgehead atoms. The molecule has 0 aliphatic carbocycles. The van der Waals surface area contributed by atoms with Gasteiger partial charge >= 0.3 is 11.6 Å². The van der Waals surface area contributed by atoms with E-state index in [1.165, 1.54) is 20.3 Å². The van der Waals surface area contributed by atoms with Crippen LogP contribution in [0.25, 0.3) is 11.0 Å². The van der Waals surface area contributed by atoms with Gasteiger partial charge in [0.05, 0.1) is 20.1 Å². The fourth-order valence-electron chi connectivity index (χ4n) is 2.97. The molecule has 0 aliphatic heterocycles. The van der Waals surface area contributed by atoms with E-state index in [1.807, 2.05) is 0 Å². The van der Waals surface area contributed by atoms with Crippen LogP contribution < -0.4 is 10.4 Å². The van der Waals surface area contributed by atoms with E-state index in [0.29, 0.717) is 22.3 Å². The van der Waals surface area contributed by atoms with Gasteiger partial charge in [0, 0.05) is 29.5 Å². The molecule has 1 heterocycles. The number of hydrogen-bond donors (Lipinski definition) is 0. The zero-order valence-electron chi connectivity index (χ0n) is 14.9. The van der Waals surface area contributed by atoms with E-state index in [1.54, 1.807) is 48.5 Å². The summed E-state index contributed by atoms with van der Waals surface area (Å²) in [5.74, 6) is -1.23. The van der Waals surface area contributed by atoms with Gasteiger partial charge in [0.1, 0.15) is 11.3 Å². The Morgan fingerprint density at radius 2 is 1.78 bits per heavy atom. The molecule has 6 heteroatoms. The first-order valence-electron chi connectivity index (χ1n) is 8.31. The lowest BCUT2D eigenvalue weighted by molar-refractivity contribution is -0.142. The average molecular weight is 366 g/mol. The normalized spacial score (nSPS) is 11.8. The molecule has 1 aromatic heterocycles. The van der Waals surface area contributed by atoms with Crippen LogP contribution in [0.3, 0.4) is 0 Å². The Morgan fingerprint density at radius 3 is 2.44 bits per heavy atom. The summed E-state index contributed by atoms with van der Waals surface area (Å²) in [5.41, 5.74) is 0.533. The third-order valence-corrected chi connectivity index (χ3v) is 4.33. The van der Waals surface area contributed by atoms with Crippen LogP contribution in [-0.4, -0.2) is 26.0 Å². The number of rotatable bonds is 6. The fourth-order valence-corrected chi connectivity index (χ4v) is 2.97. The summed E-state index contributed by atoms with van der Waals surface area (Å²) in [6, 6.07) is 14.8. The van der Waals surface area contributed by atoms with Crippen LogP contribution in [0.4, 0.5) is 0 Å². The van der Waals surface area contributed by atoms with E-state index in [4.69, 9.17) is 13.9 Å². The summed E-state index contributed by atoms with van der Waals surface area (Å²) in [6.07, 6.45) is -0.124. The standard InChI is InChI=1S/C21H18O6/c1-25-14-8-9-15-16(12-20(23)27-19(15)10-14)17(21(24)26-2)11-18(22)13-6-4-3-5-7-13/h3-10,12,17H,11H2,1-2H3/t17-/m0/s1. The highest BCUT2D eigenvalue weighted by molar-refractivity contribution is 6.00. The van der Waals surface area contributed by atoms with Crippen molar-refractivity contribution in [2.75, 3.05) is 14.2 Å². The van der Waals surface area contributed by atoms with Crippen molar-refractivity contribution in [3.8, 4) is 5.75 Å². The maximum absolute atomic E-state index is 12.6. The number of ketones is 1. The van der Waals surface area contributed by atoms with Crippen LogP contribution in [0, 0.1) is 0 Å². The molecule has 27 heavy (non-hydrogen) atoms. The molecule has 2 aromatic carbocycles. The Hall–Kier alpha value is -3.41. The Kier molecular flexibility index (Phi) is 5.35. The molecule has 0 radical (unpaired) electrons. The highest BCUT2D eigenvalue weighted by Gasteiger charge is 2.28. The lowest BCUT2D eigenvalue weighted by Crippen LogP contribution is -2.20. The van der Waals surface area contributed by atoms with Gasteiger partial charge in [0.25, 0.3) is 0 Å². The summed E-state index contributed by atoms with van der Waals surface area (Å²) < 4.78 is 15.3. The van der Waals surface area contributed by atoms with Crippen molar-refractivity contribution in [2.45, 2.75) is 12.3 Å². The molecule has 3 rings (SSSR count). The second kappa shape index (κ2) is 7.86. The van der Waals surface area contributed by atoms with Crippen molar-refractivity contribution in [1.29, 1.82) is 0 Å². The molecule has 0 aliphatic rings. The van der Waals surface area contributed by atoms with E-state index in [2.05, 4.69) is 0 Å². The highest BCUT2D eigenvalue weighted by atomic mass is 16.5. The number of benzene rings is 2. The van der Waals surface area contributed by atoms with Gasteiger partial charge in [-0.3, -0.25) is 9.59 Å². The van der Waals surface area contributed by atoms with Crippen molar-refractivity contribution in [3.63, 3.8) is 0 Å². The van der Waals surface area contributed by atoms with Gasteiger partial charge in [-0.1, -0.05) is 30.3 Å². The Balaban J connectivity index is 2.09. The molecule has 0 fully saturated rings. The number of carbonyl (C=O) groups is 2. The minimum atomic E-state index is -0.928.